The third-order valence-electron chi connectivity index (χ3n) is 9.62. The summed E-state index contributed by atoms with van der Waals surface area (Å²) < 4.78 is 79.8. The molecule has 0 amide bonds. The largest absolute Gasteiger partial charge is 0.468 e. The Balaban J connectivity index is 1.86. The minimum absolute atomic E-state index is 0.0519. The molecule has 2 aliphatic carbocycles. The van der Waals surface area contributed by atoms with Crippen molar-refractivity contribution in [3.05, 3.63) is 71.8 Å². The number of fused-ring (bicyclic) bond motifs is 3. The summed E-state index contributed by atoms with van der Waals surface area (Å²) in [5, 5.41) is -1.02. The van der Waals surface area contributed by atoms with E-state index in [1.54, 1.807) is 12.1 Å². The molecule has 1 heterocycles. The Morgan fingerprint density at radius 3 is 1.87 bits per heavy atom. The van der Waals surface area contributed by atoms with Crippen LogP contribution in [0.5, 0.6) is 0 Å². The number of alkyl halides is 1. The fourth-order valence-corrected chi connectivity index (χ4v) is 14.5. The van der Waals surface area contributed by atoms with Crippen molar-refractivity contribution in [3.63, 3.8) is 0 Å². The highest BCUT2D eigenvalue weighted by Crippen LogP contribution is 2.64. The zero-order chi connectivity index (χ0) is 34.4. The number of benzene rings is 2. The van der Waals surface area contributed by atoms with Crippen LogP contribution < -0.4 is 0 Å². The van der Waals surface area contributed by atoms with Gasteiger partial charge < -0.3 is 18.9 Å². The van der Waals surface area contributed by atoms with Crippen LogP contribution in [-0.4, -0.2) is 77.2 Å². The normalized spacial score (nSPS) is 28.8. The second kappa shape index (κ2) is 13.1. The van der Waals surface area contributed by atoms with Gasteiger partial charge in [-0.05, 0) is 49.4 Å². The van der Waals surface area contributed by atoms with Crippen molar-refractivity contribution < 1.29 is 50.2 Å². The quantitative estimate of drug-likeness (QED) is 0.167. The number of methoxy groups -OCH3 is 2. The molecule has 0 spiro atoms. The highest BCUT2D eigenvalue weighted by Gasteiger charge is 2.75. The van der Waals surface area contributed by atoms with Gasteiger partial charge in [0.2, 0.25) is 0 Å². The first kappa shape index (κ1) is 35.3. The predicted octanol–water partition coefficient (Wildman–Crippen LogP) is 4.07. The van der Waals surface area contributed by atoms with Crippen LogP contribution >= 0.6 is 23.2 Å². The van der Waals surface area contributed by atoms with E-state index in [4.69, 9.17) is 42.1 Å². The molecule has 1 saturated heterocycles. The number of halogens is 2. The van der Waals surface area contributed by atoms with Gasteiger partial charge in [0.05, 0.1) is 36.2 Å². The summed E-state index contributed by atoms with van der Waals surface area (Å²) in [6.07, 6.45) is -3.63. The fraction of sp³-hybridized carbons (Fsp3) is 0.469. The topological polar surface area (TPSA) is 156 Å². The number of ether oxygens (including phenoxy) is 4. The van der Waals surface area contributed by atoms with Gasteiger partial charge in [0.25, 0.3) is 0 Å². The van der Waals surface area contributed by atoms with Crippen molar-refractivity contribution in [1.29, 1.82) is 0 Å². The van der Waals surface area contributed by atoms with Gasteiger partial charge in [-0.2, -0.15) is 0 Å². The molecule has 0 unspecified atom stereocenters. The van der Waals surface area contributed by atoms with E-state index in [0.717, 1.165) is 21.1 Å². The van der Waals surface area contributed by atoms with Crippen molar-refractivity contribution in [2.45, 2.75) is 57.6 Å². The first-order valence-corrected chi connectivity index (χ1v) is 18.6. The van der Waals surface area contributed by atoms with E-state index in [1.807, 2.05) is 0 Å². The number of carbonyl (C=O) groups excluding carboxylic acids is 3. The summed E-state index contributed by atoms with van der Waals surface area (Å²) in [4.78, 5) is 38.6. The molecule has 15 heteroatoms. The number of hydrogen-bond donors (Lipinski definition) is 0. The van der Waals surface area contributed by atoms with E-state index in [0.29, 0.717) is 5.57 Å². The van der Waals surface area contributed by atoms with Gasteiger partial charge in [-0.25, -0.2) is 16.8 Å². The van der Waals surface area contributed by atoms with Gasteiger partial charge >= 0.3 is 17.9 Å². The van der Waals surface area contributed by atoms with Gasteiger partial charge in [0.15, 0.2) is 29.2 Å². The van der Waals surface area contributed by atoms with E-state index in [2.05, 4.69) is 0 Å². The number of rotatable bonds is 8. The SMILES string of the molecule is COC(=O)C1(C(=O)OC)C/C(=C\Cl)[C@@H]2[C@@H]3C[C@H](Cl)CC(S(=O)(=O)c4ccccc4)(S(=O)(=O)c4ccccc4)[C@@H]3[C@@H](COC(C)=O)O[C@@H]21. The van der Waals surface area contributed by atoms with Crippen molar-refractivity contribution in [1.82, 2.24) is 0 Å². The molecule has 2 aromatic carbocycles. The average molecular weight is 730 g/mol. The molecule has 1 aliphatic heterocycles. The zero-order valence-corrected chi connectivity index (χ0v) is 28.9. The Morgan fingerprint density at radius 2 is 1.43 bits per heavy atom. The lowest BCUT2D eigenvalue weighted by atomic mass is 9.64. The first-order valence-electron chi connectivity index (χ1n) is 14.7. The first-order chi connectivity index (χ1) is 22.2. The lowest BCUT2D eigenvalue weighted by molar-refractivity contribution is -0.211. The number of sulfone groups is 2. The van der Waals surface area contributed by atoms with Crippen molar-refractivity contribution >= 4 is 60.8 Å². The van der Waals surface area contributed by atoms with Crippen LogP contribution in [0, 0.1) is 23.2 Å². The third-order valence-corrected chi connectivity index (χ3v) is 16.0. The van der Waals surface area contributed by atoms with Crippen LogP contribution in [0.15, 0.2) is 81.6 Å². The summed E-state index contributed by atoms with van der Waals surface area (Å²) >= 11 is 13.3. The molecule has 2 saturated carbocycles. The smallest absolute Gasteiger partial charge is 0.326 e. The molecule has 6 atom stereocenters. The molecular weight excluding hydrogens is 695 g/mol. The number of hydrogen-bond acceptors (Lipinski definition) is 11. The summed E-state index contributed by atoms with van der Waals surface area (Å²) in [5.41, 5.74) is -0.593. The van der Waals surface area contributed by atoms with E-state index < -0.39 is 95.4 Å². The van der Waals surface area contributed by atoms with Crippen LogP contribution in [-0.2, 0) is 53.0 Å². The molecule has 2 aromatic rings. The van der Waals surface area contributed by atoms with Gasteiger partial charge in [-0.15, -0.1) is 11.6 Å². The maximum Gasteiger partial charge on any atom is 0.326 e. The van der Waals surface area contributed by atoms with Crippen molar-refractivity contribution in [3.8, 4) is 0 Å². The maximum absolute atomic E-state index is 15.1. The molecule has 0 N–H and O–H groups in total. The van der Waals surface area contributed by atoms with E-state index in [9.17, 15) is 14.4 Å². The van der Waals surface area contributed by atoms with Gasteiger partial charge in [0, 0.05) is 29.7 Å². The maximum atomic E-state index is 15.1. The minimum atomic E-state index is -4.86. The summed E-state index contributed by atoms with van der Waals surface area (Å²) in [6, 6.07) is 14.3. The van der Waals surface area contributed by atoms with Crippen LogP contribution in [0.1, 0.15) is 26.2 Å². The van der Waals surface area contributed by atoms with Crippen molar-refractivity contribution in [2.75, 3.05) is 20.8 Å². The molecule has 3 aliphatic rings. The van der Waals surface area contributed by atoms with E-state index in [1.165, 1.54) is 54.1 Å². The monoisotopic (exact) mass is 728 g/mol. The molecule has 5 rings (SSSR count). The second-order valence-electron chi connectivity index (χ2n) is 11.9. The highest BCUT2D eigenvalue weighted by molar-refractivity contribution is 8.10. The Morgan fingerprint density at radius 1 is 0.915 bits per heavy atom. The molecule has 0 radical (unpaired) electrons. The molecular formula is C32H34Cl2O11S2. The Hall–Kier alpha value is -2.97. The van der Waals surface area contributed by atoms with Crippen molar-refractivity contribution in [2.24, 2.45) is 23.2 Å². The standard InChI is InChI=1S/C32H34Cl2O11S2/c1-19(35)44-18-25-27-24(26-20(17-33)15-31(28(26)45-25,29(36)42-2)30(37)43-3)14-21(34)16-32(27,46(38,39)22-10-6-4-7-11-22)47(40,41)23-12-8-5-9-13-23/h4-13,17,21,24-28H,14-16,18H2,1-3H3/b20-17+/t21-,24-,25+,26+,27-,28-/m0/s1. The van der Waals surface area contributed by atoms with Crippen LogP contribution in [0.4, 0.5) is 0 Å². The highest BCUT2D eigenvalue weighted by atomic mass is 35.5. The number of esters is 3. The Bertz CT molecular complexity index is 1690. The summed E-state index contributed by atoms with van der Waals surface area (Å²) in [6.45, 7) is 0.534. The Kier molecular flexibility index (Phi) is 9.89. The molecule has 3 fully saturated rings. The minimum Gasteiger partial charge on any atom is -0.468 e. The third kappa shape index (κ3) is 5.38. The summed E-state index contributed by atoms with van der Waals surface area (Å²) in [5.74, 6) is -6.12. The lowest BCUT2D eigenvalue weighted by Crippen LogP contribution is -2.68. The molecule has 0 aromatic heterocycles. The zero-order valence-electron chi connectivity index (χ0n) is 25.7. The average Bonchev–Trinajstić information content (AvgIpc) is 3.42. The molecule has 254 valence electrons. The molecule has 0 bridgehead atoms. The van der Waals surface area contributed by atoms with Crippen LogP contribution in [0.2, 0.25) is 0 Å². The summed E-state index contributed by atoms with van der Waals surface area (Å²) in [7, 11) is -7.54. The van der Waals surface area contributed by atoms with Gasteiger partial charge in [0.1, 0.15) is 6.61 Å². The Labute approximate surface area is 283 Å². The van der Waals surface area contributed by atoms with E-state index >= 15 is 16.8 Å². The lowest BCUT2D eigenvalue weighted by Gasteiger charge is -2.56. The van der Waals surface area contributed by atoms with Gasteiger partial charge in [-0.1, -0.05) is 53.6 Å². The second-order valence-corrected chi connectivity index (χ2v) is 17.4. The molecule has 47 heavy (non-hydrogen) atoms. The van der Waals surface area contributed by atoms with Gasteiger partial charge in [-0.3, -0.25) is 14.4 Å². The van der Waals surface area contributed by atoms with Crippen LogP contribution in [0.3, 0.4) is 0 Å². The van der Waals surface area contributed by atoms with E-state index in [-0.39, 0.29) is 22.6 Å². The van der Waals surface area contributed by atoms with Crippen LogP contribution in [0.25, 0.3) is 0 Å². The molecule has 11 nitrogen and oxygen atoms in total. The predicted molar refractivity (Wildman–Crippen MR) is 170 cm³/mol. The fourth-order valence-electron chi connectivity index (χ4n) is 7.84. The number of carbonyl (C=O) groups is 3.